The lowest BCUT2D eigenvalue weighted by molar-refractivity contribution is 0.242. The van der Waals surface area contributed by atoms with Gasteiger partial charge in [0, 0.05) is 24.8 Å². The maximum absolute atomic E-state index is 5.69. The van der Waals surface area contributed by atoms with Gasteiger partial charge in [0.05, 0.1) is 6.10 Å². The lowest BCUT2D eigenvalue weighted by Crippen LogP contribution is -2.42. The molecular weight excluding hydrogens is 236 g/mol. The Morgan fingerprint density at radius 1 is 1.21 bits per heavy atom. The highest BCUT2D eigenvalue weighted by atomic mass is 16.5. The predicted octanol–water partition coefficient (Wildman–Crippen LogP) is 3.05. The molecule has 19 heavy (non-hydrogen) atoms. The van der Waals surface area contributed by atoms with Crippen molar-refractivity contribution in [2.45, 2.75) is 45.8 Å². The minimum absolute atomic E-state index is 0.233. The second-order valence-corrected chi connectivity index (χ2v) is 5.67. The number of nitrogens with zero attached hydrogens (tertiary/aromatic N) is 1. The fourth-order valence-electron chi connectivity index (χ4n) is 2.50. The van der Waals surface area contributed by atoms with Gasteiger partial charge in [-0.2, -0.15) is 0 Å². The summed E-state index contributed by atoms with van der Waals surface area (Å²) in [6.45, 7) is 9.74. The number of benzene rings is 1. The van der Waals surface area contributed by atoms with Crippen LogP contribution in [-0.4, -0.2) is 31.8 Å². The van der Waals surface area contributed by atoms with Crippen LogP contribution < -0.4 is 15.0 Å². The Bertz CT molecular complexity index is 375. The van der Waals surface area contributed by atoms with E-state index in [1.165, 1.54) is 18.5 Å². The Hall–Kier alpha value is -1.22. The molecule has 1 saturated heterocycles. The standard InChI is InChI=1S/C16H26N2O/c1-13(2)19-16-8-6-15(7-9-16)18-11-5-4-10-17-14(3)12-18/h6-9,13-14,17H,4-5,10-12H2,1-3H3. The average molecular weight is 262 g/mol. The Balaban J connectivity index is 2.02. The first-order valence-electron chi connectivity index (χ1n) is 7.40. The van der Waals surface area contributed by atoms with Crippen molar-refractivity contribution < 1.29 is 4.74 Å². The third-order valence-corrected chi connectivity index (χ3v) is 3.42. The van der Waals surface area contributed by atoms with Gasteiger partial charge in [-0.05, 0) is 64.4 Å². The van der Waals surface area contributed by atoms with Crippen LogP contribution in [0.15, 0.2) is 24.3 Å². The molecule has 1 N–H and O–H groups in total. The zero-order valence-electron chi connectivity index (χ0n) is 12.4. The van der Waals surface area contributed by atoms with Gasteiger partial charge in [0.2, 0.25) is 0 Å². The molecule has 1 aliphatic heterocycles. The third kappa shape index (κ3) is 4.43. The van der Waals surface area contributed by atoms with Crippen molar-refractivity contribution in [1.82, 2.24) is 5.32 Å². The van der Waals surface area contributed by atoms with E-state index in [0.29, 0.717) is 6.04 Å². The molecule has 1 unspecified atom stereocenters. The Labute approximate surface area is 116 Å². The van der Waals surface area contributed by atoms with E-state index in [-0.39, 0.29) is 6.10 Å². The minimum Gasteiger partial charge on any atom is -0.491 e. The van der Waals surface area contributed by atoms with Crippen molar-refractivity contribution in [2.24, 2.45) is 0 Å². The summed E-state index contributed by atoms with van der Waals surface area (Å²) in [7, 11) is 0. The first kappa shape index (κ1) is 14.2. The molecule has 1 aromatic carbocycles. The van der Waals surface area contributed by atoms with Gasteiger partial charge in [-0.25, -0.2) is 0 Å². The summed E-state index contributed by atoms with van der Waals surface area (Å²) in [5, 5.41) is 3.56. The SMILES string of the molecule is CC1CN(c2ccc(OC(C)C)cc2)CCCCN1. The van der Waals surface area contributed by atoms with E-state index in [1.54, 1.807) is 0 Å². The Kier molecular flexibility index (Phi) is 5.08. The van der Waals surface area contributed by atoms with Crippen molar-refractivity contribution in [2.75, 3.05) is 24.5 Å². The van der Waals surface area contributed by atoms with Crippen LogP contribution >= 0.6 is 0 Å². The summed E-state index contributed by atoms with van der Waals surface area (Å²) in [6, 6.07) is 9.04. The zero-order chi connectivity index (χ0) is 13.7. The van der Waals surface area contributed by atoms with Gasteiger partial charge in [0.25, 0.3) is 0 Å². The maximum Gasteiger partial charge on any atom is 0.119 e. The van der Waals surface area contributed by atoms with Gasteiger partial charge in [-0.15, -0.1) is 0 Å². The molecule has 2 rings (SSSR count). The molecule has 1 aromatic rings. The molecule has 3 heteroatoms. The molecule has 0 radical (unpaired) electrons. The van der Waals surface area contributed by atoms with Crippen molar-refractivity contribution in [3.8, 4) is 5.75 Å². The predicted molar refractivity (Wildman–Crippen MR) is 81.1 cm³/mol. The molecule has 0 saturated carbocycles. The van der Waals surface area contributed by atoms with E-state index in [1.807, 2.05) is 0 Å². The number of ether oxygens (including phenoxy) is 1. The molecule has 3 nitrogen and oxygen atoms in total. The van der Waals surface area contributed by atoms with Gasteiger partial charge in [0.15, 0.2) is 0 Å². The lowest BCUT2D eigenvalue weighted by Gasteiger charge is -2.31. The number of hydrogen-bond donors (Lipinski definition) is 1. The summed E-state index contributed by atoms with van der Waals surface area (Å²) < 4.78 is 5.69. The van der Waals surface area contributed by atoms with E-state index in [0.717, 1.165) is 25.4 Å². The average Bonchev–Trinajstić information content (AvgIpc) is 2.34. The largest absolute Gasteiger partial charge is 0.491 e. The molecule has 0 aromatic heterocycles. The molecule has 0 bridgehead atoms. The number of anilines is 1. The van der Waals surface area contributed by atoms with Crippen LogP contribution in [0.1, 0.15) is 33.6 Å². The summed E-state index contributed by atoms with van der Waals surface area (Å²) in [5.74, 6) is 0.956. The smallest absolute Gasteiger partial charge is 0.119 e. The number of nitrogens with one attached hydrogen (secondary N) is 1. The summed E-state index contributed by atoms with van der Waals surface area (Å²) >= 11 is 0. The monoisotopic (exact) mass is 262 g/mol. The Morgan fingerprint density at radius 2 is 1.95 bits per heavy atom. The molecule has 0 spiro atoms. The summed E-state index contributed by atoms with van der Waals surface area (Å²) in [6.07, 6.45) is 2.75. The molecule has 106 valence electrons. The highest BCUT2D eigenvalue weighted by molar-refractivity contribution is 5.49. The van der Waals surface area contributed by atoms with Crippen LogP contribution in [-0.2, 0) is 0 Å². The fourth-order valence-corrected chi connectivity index (χ4v) is 2.50. The van der Waals surface area contributed by atoms with Crippen molar-refractivity contribution >= 4 is 5.69 Å². The van der Waals surface area contributed by atoms with Gasteiger partial charge in [-0.1, -0.05) is 0 Å². The number of hydrogen-bond acceptors (Lipinski definition) is 3. The second kappa shape index (κ2) is 6.80. The zero-order valence-corrected chi connectivity index (χ0v) is 12.4. The first-order valence-corrected chi connectivity index (χ1v) is 7.40. The topological polar surface area (TPSA) is 24.5 Å². The number of rotatable bonds is 3. The summed E-state index contributed by atoms with van der Waals surface area (Å²) in [5.41, 5.74) is 1.30. The van der Waals surface area contributed by atoms with Crippen molar-refractivity contribution in [3.05, 3.63) is 24.3 Å². The quantitative estimate of drug-likeness (QED) is 0.906. The Morgan fingerprint density at radius 3 is 2.63 bits per heavy atom. The molecule has 1 fully saturated rings. The van der Waals surface area contributed by atoms with Crippen LogP contribution in [0, 0.1) is 0 Å². The first-order chi connectivity index (χ1) is 9.15. The van der Waals surface area contributed by atoms with Crippen LogP contribution in [0.3, 0.4) is 0 Å². The van der Waals surface area contributed by atoms with Crippen molar-refractivity contribution in [1.29, 1.82) is 0 Å². The van der Waals surface area contributed by atoms with Gasteiger partial charge >= 0.3 is 0 Å². The molecular formula is C16H26N2O. The lowest BCUT2D eigenvalue weighted by atomic mass is 10.1. The molecule has 1 heterocycles. The van der Waals surface area contributed by atoms with Crippen LogP contribution in [0.4, 0.5) is 5.69 Å². The van der Waals surface area contributed by atoms with E-state index >= 15 is 0 Å². The second-order valence-electron chi connectivity index (χ2n) is 5.67. The van der Waals surface area contributed by atoms with E-state index in [9.17, 15) is 0 Å². The van der Waals surface area contributed by atoms with Gasteiger partial charge < -0.3 is 15.0 Å². The van der Waals surface area contributed by atoms with E-state index in [2.05, 4.69) is 55.3 Å². The van der Waals surface area contributed by atoms with E-state index < -0.39 is 0 Å². The normalized spacial score (nSPS) is 21.1. The van der Waals surface area contributed by atoms with Gasteiger partial charge in [-0.3, -0.25) is 0 Å². The van der Waals surface area contributed by atoms with Crippen LogP contribution in [0.2, 0.25) is 0 Å². The van der Waals surface area contributed by atoms with Crippen LogP contribution in [0.5, 0.6) is 5.75 Å². The van der Waals surface area contributed by atoms with Crippen LogP contribution in [0.25, 0.3) is 0 Å². The maximum atomic E-state index is 5.69. The molecule has 0 amide bonds. The van der Waals surface area contributed by atoms with E-state index in [4.69, 9.17) is 4.74 Å². The fraction of sp³-hybridized carbons (Fsp3) is 0.625. The highest BCUT2D eigenvalue weighted by Crippen LogP contribution is 2.21. The van der Waals surface area contributed by atoms with Crippen molar-refractivity contribution in [3.63, 3.8) is 0 Å². The molecule has 1 atom stereocenters. The van der Waals surface area contributed by atoms with Gasteiger partial charge in [0.1, 0.15) is 5.75 Å². The minimum atomic E-state index is 0.233. The highest BCUT2D eigenvalue weighted by Gasteiger charge is 2.13. The summed E-state index contributed by atoms with van der Waals surface area (Å²) in [4.78, 5) is 2.47. The third-order valence-electron chi connectivity index (χ3n) is 3.42. The molecule has 0 aliphatic carbocycles. The molecule has 1 aliphatic rings.